The van der Waals surface area contributed by atoms with Gasteiger partial charge in [0, 0.05) is 16.0 Å². The predicted octanol–water partition coefficient (Wildman–Crippen LogP) is 6.42. The Morgan fingerprint density at radius 1 is 0.889 bits per heavy atom. The Bertz CT molecular complexity index is 1100. The summed E-state index contributed by atoms with van der Waals surface area (Å²) in [5, 5.41) is 5.30. The Balaban J connectivity index is 1.99. The van der Waals surface area contributed by atoms with Crippen LogP contribution in [0.25, 0.3) is 22.2 Å². The molecule has 0 atom stereocenters. The van der Waals surface area contributed by atoms with Crippen LogP contribution in [0.3, 0.4) is 0 Å². The molecule has 1 aromatic heterocycles. The Morgan fingerprint density at radius 3 is 2.33 bits per heavy atom. The maximum Gasteiger partial charge on any atom is 0.418 e. The fourth-order valence-electron chi connectivity index (χ4n) is 3.19. The van der Waals surface area contributed by atoms with Crippen molar-refractivity contribution in [2.75, 3.05) is 0 Å². The van der Waals surface area contributed by atoms with Gasteiger partial charge in [0.25, 0.3) is 0 Å². The molecule has 136 valence electrons. The van der Waals surface area contributed by atoms with Gasteiger partial charge < -0.3 is 0 Å². The van der Waals surface area contributed by atoms with Crippen LogP contribution in [0, 0.1) is 0 Å². The number of rotatable bonds is 3. The zero-order chi connectivity index (χ0) is 19.0. The molecule has 4 aromatic rings. The smallest absolute Gasteiger partial charge is 0.259 e. The standard InChI is InChI=1S/C21H14ClF3N2/c22-16-9-4-8-15(12-16)20-17-10-5-11-18(21(23,24)25)19(17)26-27(20)13-14-6-2-1-3-7-14/h1-12H,13H2. The van der Waals surface area contributed by atoms with Gasteiger partial charge >= 0.3 is 6.18 Å². The van der Waals surface area contributed by atoms with Crippen molar-refractivity contribution in [1.82, 2.24) is 9.78 Å². The van der Waals surface area contributed by atoms with E-state index < -0.39 is 11.7 Å². The first kappa shape index (κ1) is 17.6. The predicted molar refractivity (Wildman–Crippen MR) is 101 cm³/mol. The van der Waals surface area contributed by atoms with Crippen molar-refractivity contribution in [3.63, 3.8) is 0 Å². The van der Waals surface area contributed by atoms with E-state index in [1.807, 2.05) is 36.4 Å². The number of nitrogens with zero attached hydrogens (tertiary/aromatic N) is 2. The zero-order valence-electron chi connectivity index (χ0n) is 14.0. The van der Waals surface area contributed by atoms with E-state index in [-0.39, 0.29) is 5.52 Å². The molecular formula is C21H14ClF3N2. The van der Waals surface area contributed by atoms with E-state index in [4.69, 9.17) is 11.6 Å². The molecule has 0 unspecified atom stereocenters. The van der Waals surface area contributed by atoms with Gasteiger partial charge in [-0.05, 0) is 23.8 Å². The second-order valence-electron chi connectivity index (χ2n) is 6.20. The zero-order valence-corrected chi connectivity index (χ0v) is 14.8. The van der Waals surface area contributed by atoms with Gasteiger partial charge in [0.15, 0.2) is 0 Å². The van der Waals surface area contributed by atoms with Gasteiger partial charge in [0.2, 0.25) is 0 Å². The van der Waals surface area contributed by atoms with E-state index in [0.29, 0.717) is 22.6 Å². The van der Waals surface area contributed by atoms with Crippen molar-refractivity contribution in [1.29, 1.82) is 0 Å². The number of fused-ring (bicyclic) bond motifs is 1. The molecule has 0 amide bonds. The van der Waals surface area contributed by atoms with Gasteiger partial charge in [0.1, 0.15) is 5.52 Å². The lowest BCUT2D eigenvalue weighted by molar-refractivity contribution is -0.136. The molecular weight excluding hydrogens is 373 g/mol. The highest BCUT2D eigenvalue weighted by Crippen LogP contribution is 2.38. The minimum atomic E-state index is -4.48. The van der Waals surface area contributed by atoms with Crippen LogP contribution < -0.4 is 0 Å². The monoisotopic (exact) mass is 386 g/mol. The number of benzene rings is 3. The van der Waals surface area contributed by atoms with Crippen molar-refractivity contribution in [3.05, 3.63) is 88.9 Å². The molecule has 0 aliphatic heterocycles. The summed E-state index contributed by atoms with van der Waals surface area (Å²) in [6.45, 7) is 0.356. The molecule has 0 spiro atoms. The summed E-state index contributed by atoms with van der Waals surface area (Å²) in [4.78, 5) is 0. The van der Waals surface area contributed by atoms with Crippen molar-refractivity contribution in [2.24, 2.45) is 0 Å². The largest absolute Gasteiger partial charge is 0.418 e. The molecule has 0 saturated carbocycles. The first-order chi connectivity index (χ1) is 12.9. The van der Waals surface area contributed by atoms with Crippen LogP contribution in [0.1, 0.15) is 11.1 Å². The summed E-state index contributed by atoms with van der Waals surface area (Å²) in [7, 11) is 0. The third-order valence-electron chi connectivity index (χ3n) is 4.35. The van der Waals surface area contributed by atoms with Gasteiger partial charge in [-0.2, -0.15) is 18.3 Å². The normalized spacial score (nSPS) is 11.9. The quantitative estimate of drug-likeness (QED) is 0.397. The number of hydrogen-bond donors (Lipinski definition) is 0. The fraction of sp³-hybridized carbons (Fsp3) is 0.0952. The number of alkyl halides is 3. The van der Waals surface area contributed by atoms with Crippen molar-refractivity contribution < 1.29 is 13.2 Å². The molecule has 0 fully saturated rings. The molecule has 0 N–H and O–H groups in total. The molecule has 27 heavy (non-hydrogen) atoms. The minimum Gasteiger partial charge on any atom is -0.259 e. The van der Waals surface area contributed by atoms with E-state index in [2.05, 4.69) is 5.10 Å². The van der Waals surface area contributed by atoms with E-state index >= 15 is 0 Å². The van der Waals surface area contributed by atoms with Crippen LogP contribution in [0.4, 0.5) is 13.2 Å². The molecule has 0 bridgehead atoms. The molecule has 6 heteroatoms. The summed E-state index contributed by atoms with van der Waals surface area (Å²) in [5.41, 5.74) is 1.48. The van der Waals surface area contributed by atoms with E-state index in [0.717, 1.165) is 17.2 Å². The highest BCUT2D eigenvalue weighted by molar-refractivity contribution is 6.30. The van der Waals surface area contributed by atoms with Crippen LogP contribution in [0.2, 0.25) is 5.02 Å². The van der Waals surface area contributed by atoms with E-state index in [1.165, 1.54) is 6.07 Å². The summed E-state index contributed by atoms with van der Waals surface area (Å²) >= 11 is 6.12. The molecule has 3 aromatic carbocycles. The van der Waals surface area contributed by atoms with Crippen molar-refractivity contribution >= 4 is 22.5 Å². The van der Waals surface area contributed by atoms with Crippen molar-refractivity contribution in [3.8, 4) is 11.3 Å². The molecule has 0 aliphatic rings. The summed E-state index contributed by atoms with van der Waals surface area (Å²) in [5.74, 6) is 0. The number of halogens is 4. The maximum absolute atomic E-state index is 13.5. The van der Waals surface area contributed by atoms with Gasteiger partial charge in [-0.15, -0.1) is 0 Å². The van der Waals surface area contributed by atoms with Gasteiger partial charge in [-0.3, -0.25) is 4.68 Å². The maximum atomic E-state index is 13.5. The van der Waals surface area contributed by atoms with Gasteiger partial charge in [-0.25, -0.2) is 0 Å². The summed E-state index contributed by atoms with van der Waals surface area (Å²) in [6, 6.07) is 20.7. The average Bonchev–Trinajstić information content (AvgIpc) is 2.99. The Hall–Kier alpha value is -2.79. The fourth-order valence-corrected chi connectivity index (χ4v) is 3.38. The highest BCUT2D eigenvalue weighted by atomic mass is 35.5. The SMILES string of the molecule is FC(F)(F)c1cccc2c(-c3cccc(Cl)c3)n(Cc3ccccc3)nc12. The Kier molecular flexibility index (Phi) is 4.40. The average molecular weight is 387 g/mol. The Morgan fingerprint density at radius 2 is 1.63 bits per heavy atom. The van der Waals surface area contributed by atoms with Crippen LogP contribution in [0.15, 0.2) is 72.8 Å². The van der Waals surface area contributed by atoms with E-state index in [9.17, 15) is 13.2 Å². The van der Waals surface area contributed by atoms with Gasteiger partial charge in [0.05, 0.1) is 17.8 Å². The van der Waals surface area contributed by atoms with Crippen LogP contribution >= 0.6 is 11.6 Å². The number of hydrogen-bond acceptors (Lipinski definition) is 1. The minimum absolute atomic E-state index is 0.0593. The van der Waals surface area contributed by atoms with Crippen LogP contribution in [-0.2, 0) is 12.7 Å². The second-order valence-corrected chi connectivity index (χ2v) is 6.64. The van der Waals surface area contributed by atoms with E-state index in [1.54, 1.807) is 28.9 Å². The molecule has 0 aliphatic carbocycles. The molecule has 0 saturated heterocycles. The number of aromatic nitrogens is 2. The highest BCUT2D eigenvalue weighted by Gasteiger charge is 2.34. The molecule has 1 heterocycles. The molecule has 0 radical (unpaired) electrons. The first-order valence-corrected chi connectivity index (χ1v) is 8.68. The topological polar surface area (TPSA) is 17.8 Å². The second kappa shape index (κ2) is 6.74. The Labute approximate surface area is 158 Å². The third-order valence-corrected chi connectivity index (χ3v) is 4.58. The van der Waals surface area contributed by atoms with Crippen LogP contribution in [0.5, 0.6) is 0 Å². The molecule has 4 rings (SSSR count). The lowest BCUT2D eigenvalue weighted by Gasteiger charge is -2.09. The first-order valence-electron chi connectivity index (χ1n) is 8.30. The lowest BCUT2D eigenvalue weighted by Crippen LogP contribution is -2.06. The summed E-state index contributed by atoms with van der Waals surface area (Å²) < 4.78 is 42.1. The lowest BCUT2D eigenvalue weighted by atomic mass is 10.0. The third kappa shape index (κ3) is 3.43. The van der Waals surface area contributed by atoms with Gasteiger partial charge in [-0.1, -0.05) is 66.2 Å². The van der Waals surface area contributed by atoms with Crippen LogP contribution in [-0.4, -0.2) is 9.78 Å². The molecule has 2 nitrogen and oxygen atoms in total. The summed E-state index contributed by atoms with van der Waals surface area (Å²) in [6.07, 6.45) is -4.48. The van der Waals surface area contributed by atoms with Crippen molar-refractivity contribution in [2.45, 2.75) is 12.7 Å².